The van der Waals surface area contributed by atoms with E-state index in [-0.39, 0.29) is 5.41 Å². The van der Waals surface area contributed by atoms with Gasteiger partial charge < -0.3 is 10.8 Å². The highest BCUT2D eigenvalue weighted by molar-refractivity contribution is 5.79. The van der Waals surface area contributed by atoms with Gasteiger partial charge in [0.1, 0.15) is 5.78 Å². The van der Waals surface area contributed by atoms with Crippen molar-refractivity contribution in [1.29, 1.82) is 0 Å². The first-order valence-corrected chi connectivity index (χ1v) is 6.99. The minimum atomic E-state index is -0.681. The van der Waals surface area contributed by atoms with E-state index in [9.17, 15) is 9.90 Å². The molecular formula is C14H25NO2. The van der Waals surface area contributed by atoms with E-state index >= 15 is 0 Å². The van der Waals surface area contributed by atoms with Gasteiger partial charge in [0.2, 0.25) is 0 Å². The van der Waals surface area contributed by atoms with Gasteiger partial charge in [-0.1, -0.05) is 13.3 Å². The third-order valence-electron chi connectivity index (χ3n) is 5.30. The predicted molar refractivity (Wildman–Crippen MR) is 67.5 cm³/mol. The van der Waals surface area contributed by atoms with Crippen molar-refractivity contribution in [2.24, 2.45) is 17.1 Å². The summed E-state index contributed by atoms with van der Waals surface area (Å²) in [7, 11) is 0. The van der Waals surface area contributed by atoms with E-state index in [2.05, 4.69) is 6.92 Å². The predicted octanol–water partition coefficient (Wildman–Crippen LogP) is 2.02. The second-order valence-corrected chi connectivity index (χ2v) is 6.07. The SMILES string of the molecule is CCC1CCC(CN)(C2(O)CCC(=O)CC2)C1. The summed E-state index contributed by atoms with van der Waals surface area (Å²) in [6.45, 7) is 2.78. The first kappa shape index (κ1) is 13.0. The monoisotopic (exact) mass is 239 g/mol. The Morgan fingerprint density at radius 2 is 2.00 bits per heavy atom. The number of Topliss-reactive ketones (excluding diaryl/α,β-unsaturated/α-hetero) is 1. The summed E-state index contributed by atoms with van der Waals surface area (Å²) < 4.78 is 0. The molecule has 2 fully saturated rings. The van der Waals surface area contributed by atoms with Gasteiger partial charge in [0, 0.05) is 24.8 Å². The summed E-state index contributed by atoms with van der Waals surface area (Å²) in [5.74, 6) is 1.01. The van der Waals surface area contributed by atoms with Crippen molar-refractivity contribution < 1.29 is 9.90 Å². The van der Waals surface area contributed by atoms with Crippen LogP contribution in [0.1, 0.15) is 58.3 Å². The van der Waals surface area contributed by atoms with Gasteiger partial charge in [-0.05, 0) is 38.0 Å². The largest absolute Gasteiger partial charge is 0.389 e. The summed E-state index contributed by atoms with van der Waals surface area (Å²) in [6.07, 6.45) is 6.77. The molecule has 0 aromatic carbocycles. The fraction of sp³-hybridized carbons (Fsp3) is 0.929. The summed E-state index contributed by atoms with van der Waals surface area (Å²) in [4.78, 5) is 11.3. The number of hydrogen-bond acceptors (Lipinski definition) is 3. The fourth-order valence-corrected chi connectivity index (χ4v) is 3.86. The molecule has 2 saturated carbocycles. The molecule has 0 radical (unpaired) electrons. The lowest BCUT2D eigenvalue weighted by Gasteiger charge is -2.47. The average Bonchev–Trinajstić information content (AvgIpc) is 2.78. The van der Waals surface area contributed by atoms with Crippen LogP contribution in [0.15, 0.2) is 0 Å². The lowest BCUT2D eigenvalue weighted by molar-refractivity contribution is -0.137. The molecule has 2 atom stereocenters. The summed E-state index contributed by atoms with van der Waals surface area (Å²) in [6, 6.07) is 0. The van der Waals surface area contributed by atoms with Crippen molar-refractivity contribution in [1.82, 2.24) is 0 Å². The van der Waals surface area contributed by atoms with Crippen molar-refractivity contribution in [2.75, 3.05) is 6.54 Å². The van der Waals surface area contributed by atoms with Crippen molar-refractivity contribution in [3.63, 3.8) is 0 Å². The zero-order valence-corrected chi connectivity index (χ0v) is 10.9. The van der Waals surface area contributed by atoms with Gasteiger partial charge in [-0.2, -0.15) is 0 Å². The highest BCUT2D eigenvalue weighted by Gasteiger charge is 2.53. The molecule has 0 saturated heterocycles. The molecule has 0 aliphatic heterocycles. The van der Waals surface area contributed by atoms with E-state index in [1.54, 1.807) is 0 Å². The first-order chi connectivity index (χ1) is 8.05. The molecule has 17 heavy (non-hydrogen) atoms. The molecule has 3 heteroatoms. The van der Waals surface area contributed by atoms with Crippen LogP contribution in [-0.2, 0) is 4.79 Å². The lowest BCUT2D eigenvalue weighted by atomic mass is 9.63. The number of hydrogen-bond donors (Lipinski definition) is 2. The Kier molecular flexibility index (Phi) is 3.60. The number of carbonyl (C=O) groups excluding carboxylic acids is 1. The molecular weight excluding hydrogens is 214 g/mol. The lowest BCUT2D eigenvalue weighted by Crippen LogP contribution is -2.53. The van der Waals surface area contributed by atoms with Crippen molar-refractivity contribution in [3.05, 3.63) is 0 Å². The van der Waals surface area contributed by atoms with Crippen molar-refractivity contribution in [3.8, 4) is 0 Å². The number of rotatable bonds is 3. The standard InChI is InChI=1S/C14H25NO2/c1-2-11-3-6-13(9-11,10-15)14(17)7-4-12(16)5-8-14/h11,17H,2-10,15H2,1H3. The van der Waals surface area contributed by atoms with E-state index in [1.165, 1.54) is 12.8 Å². The van der Waals surface area contributed by atoms with Crippen LogP contribution in [0.4, 0.5) is 0 Å². The Morgan fingerprint density at radius 3 is 2.47 bits per heavy atom. The maximum Gasteiger partial charge on any atom is 0.133 e. The molecule has 2 aliphatic carbocycles. The smallest absolute Gasteiger partial charge is 0.133 e. The van der Waals surface area contributed by atoms with Gasteiger partial charge in [0.15, 0.2) is 0 Å². The van der Waals surface area contributed by atoms with Crippen LogP contribution >= 0.6 is 0 Å². The molecule has 0 aromatic rings. The van der Waals surface area contributed by atoms with Gasteiger partial charge in [0.25, 0.3) is 0 Å². The van der Waals surface area contributed by atoms with Gasteiger partial charge >= 0.3 is 0 Å². The Hall–Kier alpha value is -0.410. The number of ketones is 1. The highest BCUT2D eigenvalue weighted by Crippen LogP contribution is 2.53. The van der Waals surface area contributed by atoms with E-state index in [1.807, 2.05) is 0 Å². The molecule has 2 rings (SSSR count). The number of aliphatic hydroxyl groups is 1. The van der Waals surface area contributed by atoms with E-state index < -0.39 is 5.60 Å². The normalized spacial score (nSPS) is 37.4. The van der Waals surface area contributed by atoms with Crippen LogP contribution in [-0.4, -0.2) is 23.0 Å². The number of nitrogens with two attached hydrogens (primary N) is 1. The second kappa shape index (κ2) is 4.69. The maximum absolute atomic E-state index is 11.3. The van der Waals surface area contributed by atoms with E-state index in [0.29, 0.717) is 43.9 Å². The van der Waals surface area contributed by atoms with Crippen LogP contribution in [0.5, 0.6) is 0 Å². The molecule has 0 spiro atoms. The zero-order valence-electron chi connectivity index (χ0n) is 10.9. The molecule has 0 aromatic heterocycles. The van der Waals surface area contributed by atoms with Gasteiger partial charge in [0.05, 0.1) is 5.60 Å². The molecule has 0 bridgehead atoms. The van der Waals surface area contributed by atoms with Crippen LogP contribution in [0.3, 0.4) is 0 Å². The zero-order chi connectivity index (χ0) is 12.5. The van der Waals surface area contributed by atoms with Crippen LogP contribution < -0.4 is 5.73 Å². The van der Waals surface area contributed by atoms with Crippen LogP contribution in [0.2, 0.25) is 0 Å². The summed E-state index contributed by atoms with van der Waals surface area (Å²) in [5, 5.41) is 10.9. The minimum absolute atomic E-state index is 0.117. The Bertz CT molecular complexity index is 293. The second-order valence-electron chi connectivity index (χ2n) is 6.07. The third kappa shape index (κ3) is 2.15. The molecule has 2 unspecified atom stereocenters. The van der Waals surface area contributed by atoms with E-state index in [0.717, 1.165) is 12.8 Å². The van der Waals surface area contributed by atoms with Crippen LogP contribution in [0, 0.1) is 11.3 Å². The average molecular weight is 239 g/mol. The van der Waals surface area contributed by atoms with Gasteiger partial charge in [-0.15, -0.1) is 0 Å². The molecule has 0 heterocycles. The molecule has 2 aliphatic rings. The summed E-state index contributed by atoms with van der Waals surface area (Å²) in [5.41, 5.74) is 5.19. The fourth-order valence-electron chi connectivity index (χ4n) is 3.86. The topological polar surface area (TPSA) is 63.3 Å². The minimum Gasteiger partial charge on any atom is -0.389 e. The quantitative estimate of drug-likeness (QED) is 0.792. The van der Waals surface area contributed by atoms with Crippen molar-refractivity contribution in [2.45, 2.75) is 63.9 Å². The molecule has 3 N–H and O–H groups in total. The molecule has 98 valence electrons. The molecule has 3 nitrogen and oxygen atoms in total. The van der Waals surface area contributed by atoms with Gasteiger partial charge in [-0.25, -0.2) is 0 Å². The highest BCUT2D eigenvalue weighted by atomic mass is 16.3. The first-order valence-electron chi connectivity index (χ1n) is 6.99. The van der Waals surface area contributed by atoms with Crippen molar-refractivity contribution >= 4 is 5.78 Å². The maximum atomic E-state index is 11.3. The van der Waals surface area contributed by atoms with Gasteiger partial charge in [-0.3, -0.25) is 4.79 Å². The van der Waals surface area contributed by atoms with E-state index in [4.69, 9.17) is 5.73 Å². The Balaban J connectivity index is 2.15. The third-order valence-corrected chi connectivity index (χ3v) is 5.30. The Morgan fingerprint density at radius 1 is 1.35 bits per heavy atom. The van der Waals surface area contributed by atoms with Crippen LogP contribution in [0.25, 0.3) is 0 Å². The number of carbonyl (C=O) groups is 1. The molecule has 0 amide bonds. The summed E-state index contributed by atoms with van der Waals surface area (Å²) >= 11 is 0. The Labute approximate surface area is 104 Å².